The second-order valence-electron chi connectivity index (χ2n) is 6.87. The Morgan fingerprint density at radius 3 is 2.46 bits per heavy atom. The summed E-state index contributed by atoms with van der Waals surface area (Å²) < 4.78 is 32.1. The first-order valence-corrected chi connectivity index (χ1v) is 10.9. The van der Waals surface area contributed by atoms with Gasteiger partial charge in [0.2, 0.25) is 15.9 Å². The summed E-state index contributed by atoms with van der Waals surface area (Å²) in [5, 5.41) is 6.52. The van der Waals surface area contributed by atoms with Crippen molar-refractivity contribution in [1.29, 1.82) is 0 Å². The first-order valence-electron chi connectivity index (χ1n) is 9.43. The molecule has 0 bridgehead atoms. The normalized spacial score (nSPS) is 16.2. The topological polar surface area (TPSA) is 92.5 Å². The molecule has 0 spiro atoms. The first-order chi connectivity index (χ1) is 13.4. The van der Waals surface area contributed by atoms with Crippen molar-refractivity contribution in [3.63, 3.8) is 0 Å². The van der Waals surface area contributed by atoms with Crippen LogP contribution >= 0.6 is 0 Å². The SMILES string of the molecule is Cc1cc(CNC(=O)/C=C/c2ccc(S(=O)(=O)N3CCCCCC3)cc2)no1. The van der Waals surface area contributed by atoms with Crippen LogP contribution in [-0.2, 0) is 21.4 Å². The fourth-order valence-corrected chi connectivity index (χ4v) is 4.61. The number of amides is 1. The van der Waals surface area contributed by atoms with Gasteiger partial charge in [0.15, 0.2) is 0 Å². The van der Waals surface area contributed by atoms with E-state index >= 15 is 0 Å². The van der Waals surface area contributed by atoms with Gasteiger partial charge in [0, 0.05) is 25.2 Å². The van der Waals surface area contributed by atoms with Gasteiger partial charge in [-0.2, -0.15) is 4.31 Å². The lowest BCUT2D eigenvalue weighted by Crippen LogP contribution is -2.31. The zero-order valence-corrected chi connectivity index (χ0v) is 16.7. The molecule has 0 unspecified atom stereocenters. The molecule has 150 valence electrons. The van der Waals surface area contributed by atoms with Crippen LogP contribution in [0.3, 0.4) is 0 Å². The third kappa shape index (κ3) is 5.30. The number of rotatable bonds is 6. The van der Waals surface area contributed by atoms with Crippen molar-refractivity contribution < 1.29 is 17.7 Å². The number of carbonyl (C=O) groups excluding carboxylic acids is 1. The van der Waals surface area contributed by atoms with Crippen molar-refractivity contribution in [1.82, 2.24) is 14.8 Å². The van der Waals surface area contributed by atoms with E-state index in [1.807, 2.05) is 0 Å². The van der Waals surface area contributed by atoms with Gasteiger partial charge >= 0.3 is 0 Å². The van der Waals surface area contributed by atoms with Crippen LogP contribution < -0.4 is 5.32 Å². The van der Waals surface area contributed by atoms with Crippen molar-refractivity contribution in [2.45, 2.75) is 44.0 Å². The summed E-state index contributed by atoms with van der Waals surface area (Å²) in [6.07, 6.45) is 7.02. The van der Waals surface area contributed by atoms with Crippen LogP contribution in [-0.4, -0.2) is 36.9 Å². The number of benzene rings is 1. The summed E-state index contributed by atoms with van der Waals surface area (Å²) in [5.74, 6) is 0.428. The molecule has 1 amide bonds. The average Bonchev–Trinajstić information content (AvgIpc) is 2.93. The van der Waals surface area contributed by atoms with Crippen LogP contribution in [0.1, 0.15) is 42.7 Å². The minimum atomic E-state index is -3.46. The molecule has 1 saturated heterocycles. The number of hydrogen-bond acceptors (Lipinski definition) is 5. The van der Waals surface area contributed by atoms with Gasteiger partial charge in [-0.15, -0.1) is 0 Å². The lowest BCUT2D eigenvalue weighted by atomic mass is 10.2. The smallest absolute Gasteiger partial charge is 0.244 e. The highest BCUT2D eigenvalue weighted by atomic mass is 32.2. The molecule has 1 aromatic heterocycles. The molecular weight excluding hydrogens is 378 g/mol. The number of sulfonamides is 1. The summed E-state index contributed by atoms with van der Waals surface area (Å²) in [5.41, 5.74) is 1.41. The average molecular weight is 404 g/mol. The molecule has 2 aromatic rings. The largest absolute Gasteiger partial charge is 0.361 e. The molecule has 1 aromatic carbocycles. The highest BCUT2D eigenvalue weighted by Crippen LogP contribution is 2.21. The molecule has 2 heterocycles. The molecule has 1 aliphatic rings. The molecule has 8 heteroatoms. The van der Waals surface area contributed by atoms with E-state index in [2.05, 4.69) is 10.5 Å². The van der Waals surface area contributed by atoms with Gasteiger partial charge in [0.1, 0.15) is 11.5 Å². The Hall–Kier alpha value is -2.45. The van der Waals surface area contributed by atoms with E-state index in [9.17, 15) is 13.2 Å². The van der Waals surface area contributed by atoms with Crippen LogP contribution in [0, 0.1) is 6.92 Å². The van der Waals surface area contributed by atoms with Crippen LogP contribution in [0.15, 0.2) is 45.8 Å². The van der Waals surface area contributed by atoms with Gasteiger partial charge < -0.3 is 9.84 Å². The lowest BCUT2D eigenvalue weighted by molar-refractivity contribution is -0.116. The van der Waals surface area contributed by atoms with Crippen molar-refractivity contribution in [3.05, 3.63) is 53.4 Å². The van der Waals surface area contributed by atoms with E-state index in [0.717, 1.165) is 31.2 Å². The number of hydrogen-bond donors (Lipinski definition) is 1. The van der Waals surface area contributed by atoms with E-state index in [4.69, 9.17) is 4.52 Å². The van der Waals surface area contributed by atoms with Gasteiger partial charge in [0.05, 0.1) is 11.4 Å². The second kappa shape index (κ2) is 9.16. The first kappa shape index (κ1) is 20.3. The highest BCUT2D eigenvalue weighted by Gasteiger charge is 2.24. The lowest BCUT2D eigenvalue weighted by Gasteiger charge is -2.19. The molecule has 0 radical (unpaired) electrons. The number of aryl methyl sites for hydroxylation is 1. The number of nitrogens with zero attached hydrogens (tertiary/aromatic N) is 2. The predicted octanol–water partition coefficient (Wildman–Crippen LogP) is 2.88. The zero-order valence-electron chi connectivity index (χ0n) is 15.9. The van der Waals surface area contributed by atoms with E-state index in [1.165, 1.54) is 6.08 Å². The zero-order chi connectivity index (χ0) is 20.0. The quantitative estimate of drug-likeness (QED) is 0.749. The second-order valence-corrected chi connectivity index (χ2v) is 8.81. The molecule has 1 aliphatic heterocycles. The Kier molecular flexibility index (Phi) is 6.64. The van der Waals surface area contributed by atoms with Gasteiger partial charge in [-0.25, -0.2) is 8.42 Å². The Morgan fingerprint density at radius 1 is 1.18 bits per heavy atom. The molecule has 0 aliphatic carbocycles. The Morgan fingerprint density at radius 2 is 1.86 bits per heavy atom. The Bertz CT molecular complexity index is 925. The maximum atomic E-state index is 12.8. The molecule has 7 nitrogen and oxygen atoms in total. The summed E-state index contributed by atoms with van der Waals surface area (Å²) in [4.78, 5) is 12.2. The van der Waals surface area contributed by atoms with Crippen LogP contribution in [0.25, 0.3) is 6.08 Å². The van der Waals surface area contributed by atoms with Crippen molar-refractivity contribution in [3.8, 4) is 0 Å². The molecule has 3 rings (SSSR count). The van der Waals surface area contributed by atoms with Gasteiger partial charge in [-0.1, -0.05) is 30.1 Å². The van der Waals surface area contributed by atoms with Gasteiger partial charge in [-0.3, -0.25) is 4.79 Å². The van der Waals surface area contributed by atoms with Crippen LogP contribution in [0.5, 0.6) is 0 Å². The van der Waals surface area contributed by atoms with E-state index in [-0.39, 0.29) is 17.3 Å². The molecule has 1 N–H and O–H groups in total. The van der Waals surface area contributed by atoms with Crippen LogP contribution in [0.2, 0.25) is 0 Å². The molecule has 28 heavy (non-hydrogen) atoms. The minimum Gasteiger partial charge on any atom is -0.361 e. The van der Waals surface area contributed by atoms with Gasteiger partial charge in [0.25, 0.3) is 0 Å². The molecule has 1 fully saturated rings. The maximum Gasteiger partial charge on any atom is 0.244 e. The standard InChI is InChI=1S/C20H25N3O4S/c1-16-14-18(22-27-16)15-21-20(24)11-8-17-6-9-19(10-7-17)28(25,26)23-12-4-2-3-5-13-23/h6-11,14H,2-5,12-13,15H2,1H3,(H,21,24)/b11-8+. The minimum absolute atomic E-state index is 0.262. The van der Waals surface area contributed by atoms with Gasteiger partial charge in [-0.05, 0) is 43.5 Å². The molecular formula is C20H25N3O4S. The Labute approximate surface area is 165 Å². The number of carbonyl (C=O) groups is 1. The third-order valence-electron chi connectivity index (χ3n) is 4.63. The fourth-order valence-electron chi connectivity index (χ4n) is 3.09. The van der Waals surface area contributed by atoms with Crippen LogP contribution in [0.4, 0.5) is 0 Å². The van der Waals surface area contributed by atoms with E-state index in [0.29, 0.717) is 24.5 Å². The summed E-state index contributed by atoms with van der Waals surface area (Å²) in [7, 11) is -3.46. The molecule has 0 atom stereocenters. The van der Waals surface area contributed by atoms with Crippen molar-refractivity contribution in [2.75, 3.05) is 13.1 Å². The third-order valence-corrected chi connectivity index (χ3v) is 6.54. The Balaban J connectivity index is 1.58. The van der Waals surface area contributed by atoms with E-state index in [1.54, 1.807) is 47.6 Å². The van der Waals surface area contributed by atoms with Crippen molar-refractivity contribution >= 4 is 22.0 Å². The summed E-state index contributed by atoms with van der Waals surface area (Å²) in [6.45, 7) is 3.23. The monoisotopic (exact) mass is 403 g/mol. The summed E-state index contributed by atoms with van der Waals surface area (Å²) >= 11 is 0. The molecule has 0 saturated carbocycles. The fraction of sp³-hybridized carbons (Fsp3) is 0.400. The number of nitrogens with one attached hydrogen (secondary N) is 1. The van der Waals surface area contributed by atoms with E-state index < -0.39 is 10.0 Å². The van der Waals surface area contributed by atoms with Crippen molar-refractivity contribution in [2.24, 2.45) is 0 Å². The predicted molar refractivity (Wildman–Crippen MR) is 106 cm³/mol. The number of aromatic nitrogens is 1. The summed E-state index contributed by atoms with van der Waals surface area (Å²) in [6, 6.07) is 8.35. The highest BCUT2D eigenvalue weighted by molar-refractivity contribution is 7.89. The maximum absolute atomic E-state index is 12.8.